The monoisotopic (exact) mass is 590 g/mol. The quantitative estimate of drug-likeness (QED) is 0.364. The number of hydrogen-bond donors (Lipinski definition) is 0. The van der Waals surface area contributed by atoms with Gasteiger partial charge in [-0.3, -0.25) is 19.4 Å². The Bertz CT molecular complexity index is 1750. The predicted octanol–water partition coefficient (Wildman–Crippen LogP) is 5.56. The second-order valence-electron chi connectivity index (χ2n) is 11.8. The van der Waals surface area contributed by atoms with Crippen LogP contribution in [0.3, 0.4) is 0 Å². The Morgan fingerprint density at radius 2 is 1.68 bits per heavy atom. The number of nitrogens with zero attached hydrogens (tertiary/aromatic N) is 6. The number of aryl methyl sites for hydroxylation is 2. The predicted molar refractivity (Wildman–Crippen MR) is 163 cm³/mol. The zero-order valence-corrected chi connectivity index (χ0v) is 24.4. The Hall–Kier alpha value is -4.99. The van der Waals surface area contributed by atoms with Crippen LogP contribution in [0.1, 0.15) is 47.6 Å². The van der Waals surface area contributed by atoms with Crippen molar-refractivity contribution < 1.29 is 18.8 Å². The smallest absolute Gasteiger partial charge is 0.264 e. The summed E-state index contributed by atoms with van der Waals surface area (Å²) in [5, 5.41) is 15.9. The van der Waals surface area contributed by atoms with Crippen LogP contribution in [0, 0.1) is 25.6 Å². The summed E-state index contributed by atoms with van der Waals surface area (Å²) in [5.41, 5.74) is 6.51. The van der Waals surface area contributed by atoms with Gasteiger partial charge in [0.1, 0.15) is 12.4 Å². The average Bonchev–Trinajstić information content (AvgIpc) is 3.68. The molecule has 0 N–H and O–H groups in total. The largest absolute Gasteiger partial charge is 0.271 e. The molecule has 1 saturated heterocycles. The van der Waals surface area contributed by atoms with Gasteiger partial charge in [0, 0.05) is 5.92 Å². The van der Waals surface area contributed by atoms with Crippen molar-refractivity contribution in [2.45, 2.75) is 51.2 Å². The van der Waals surface area contributed by atoms with Crippen LogP contribution in [0.25, 0.3) is 6.08 Å². The molecule has 4 aliphatic rings. The maximum Gasteiger partial charge on any atom is 0.264 e. The second-order valence-corrected chi connectivity index (χ2v) is 11.8. The zero-order valence-electron chi connectivity index (χ0n) is 24.4. The van der Waals surface area contributed by atoms with Gasteiger partial charge in [-0.15, -0.1) is 0 Å². The fourth-order valence-electron chi connectivity index (χ4n) is 6.60. The van der Waals surface area contributed by atoms with Crippen molar-refractivity contribution in [1.29, 1.82) is 0 Å². The third-order valence-corrected chi connectivity index (χ3v) is 8.82. The van der Waals surface area contributed by atoms with Crippen molar-refractivity contribution in [2.24, 2.45) is 21.4 Å². The van der Waals surface area contributed by atoms with Gasteiger partial charge in [0.25, 0.3) is 17.7 Å². The maximum absolute atomic E-state index is 14.1. The zero-order chi connectivity index (χ0) is 30.5. The third-order valence-electron chi connectivity index (χ3n) is 8.82. The molecule has 3 aromatic rings. The highest BCUT2D eigenvalue weighted by molar-refractivity contribution is 6.25. The SMILES string of the molecule is Cc1ccc(/C=C2/CCC[C@@H]3C2=NN(C(=O)CN2N=N[C@@H]4C(=O)N(c5cccc(F)c5)C(=O)[C@H]42)[C@H]3c2ccc(C)cc2)cc1. The van der Waals surface area contributed by atoms with Gasteiger partial charge in [-0.05, 0) is 74.1 Å². The van der Waals surface area contributed by atoms with Crippen LogP contribution < -0.4 is 4.90 Å². The molecule has 9 nitrogen and oxygen atoms in total. The number of rotatable bonds is 5. The first kappa shape index (κ1) is 27.8. The number of carbonyl (C=O) groups is 3. The molecule has 1 saturated carbocycles. The van der Waals surface area contributed by atoms with Crippen LogP contribution >= 0.6 is 0 Å². The molecule has 1 aliphatic carbocycles. The minimum absolute atomic E-state index is 0.0122. The second kappa shape index (κ2) is 10.9. The van der Waals surface area contributed by atoms with E-state index in [9.17, 15) is 18.8 Å². The van der Waals surface area contributed by atoms with E-state index in [0.29, 0.717) is 0 Å². The lowest BCUT2D eigenvalue weighted by molar-refractivity contribution is -0.136. The van der Waals surface area contributed by atoms with Crippen LogP contribution in [0.15, 0.2) is 93.8 Å². The van der Waals surface area contributed by atoms with Crippen molar-refractivity contribution in [3.05, 3.63) is 106 Å². The number of amides is 3. The van der Waals surface area contributed by atoms with Gasteiger partial charge in [0.2, 0.25) is 0 Å². The first-order valence-electron chi connectivity index (χ1n) is 14.8. The van der Waals surface area contributed by atoms with E-state index >= 15 is 0 Å². The summed E-state index contributed by atoms with van der Waals surface area (Å²) in [6.07, 6.45) is 4.88. The standard InChI is InChI=1S/C34H31FN6O3/c1-20-9-13-22(14-10-20)17-24-5-3-8-27-29(24)37-41(31(27)23-15-11-21(2)12-16-23)28(42)19-39-32-30(36-38-39)33(43)40(34(32)44)26-7-4-6-25(35)18-26/h4,6-7,9-18,27,30-32H,3,5,8,19H2,1-2H3/b24-17-/t27-,30+,31+,32+/m1/s1. The molecule has 2 fully saturated rings. The van der Waals surface area contributed by atoms with E-state index in [4.69, 9.17) is 5.10 Å². The Labute approximate surface area is 254 Å². The van der Waals surface area contributed by atoms with E-state index in [2.05, 4.69) is 47.6 Å². The molecule has 3 aromatic carbocycles. The summed E-state index contributed by atoms with van der Waals surface area (Å²) in [6.45, 7) is 3.79. The number of benzene rings is 3. The van der Waals surface area contributed by atoms with Crippen LogP contribution in [0.5, 0.6) is 0 Å². The number of anilines is 1. The van der Waals surface area contributed by atoms with Gasteiger partial charge in [-0.1, -0.05) is 70.9 Å². The van der Waals surface area contributed by atoms with E-state index in [1.807, 2.05) is 31.2 Å². The normalized spacial score (nSPS) is 25.1. The van der Waals surface area contributed by atoms with Crippen LogP contribution in [0.2, 0.25) is 0 Å². The van der Waals surface area contributed by atoms with Crippen LogP contribution in [-0.2, 0) is 14.4 Å². The lowest BCUT2D eigenvalue weighted by atomic mass is 9.77. The number of fused-ring (bicyclic) bond motifs is 2. The van der Waals surface area contributed by atoms with Crippen molar-refractivity contribution >= 4 is 35.2 Å². The molecule has 222 valence electrons. The molecule has 10 heteroatoms. The van der Waals surface area contributed by atoms with E-state index in [0.717, 1.165) is 58.2 Å². The maximum atomic E-state index is 14.1. The number of imide groups is 1. The molecule has 0 unspecified atom stereocenters. The molecule has 7 rings (SSSR count). The molecule has 3 amide bonds. The molecule has 3 aliphatic heterocycles. The van der Waals surface area contributed by atoms with E-state index in [1.165, 1.54) is 33.8 Å². The van der Waals surface area contributed by atoms with Gasteiger partial charge < -0.3 is 0 Å². The van der Waals surface area contributed by atoms with Gasteiger partial charge in [0.05, 0.1) is 17.4 Å². The fourth-order valence-corrected chi connectivity index (χ4v) is 6.60. The Morgan fingerprint density at radius 1 is 0.955 bits per heavy atom. The molecular weight excluding hydrogens is 559 g/mol. The molecular formula is C34H31FN6O3. The Morgan fingerprint density at radius 3 is 2.41 bits per heavy atom. The van der Waals surface area contributed by atoms with E-state index < -0.39 is 29.7 Å². The summed E-state index contributed by atoms with van der Waals surface area (Å²) >= 11 is 0. The Kier molecular flexibility index (Phi) is 6.91. The summed E-state index contributed by atoms with van der Waals surface area (Å²) in [4.78, 5) is 41.6. The molecule has 0 spiro atoms. The number of hydrazone groups is 1. The Balaban J connectivity index is 1.19. The highest BCUT2D eigenvalue weighted by Gasteiger charge is 2.55. The summed E-state index contributed by atoms with van der Waals surface area (Å²) < 4.78 is 13.9. The van der Waals surface area contributed by atoms with Crippen molar-refractivity contribution in [2.75, 3.05) is 11.4 Å². The number of carbonyl (C=O) groups excluding carboxylic acids is 3. The summed E-state index contributed by atoms with van der Waals surface area (Å²) in [5.74, 6) is -2.10. The van der Waals surface area contributed by atoms with E-state index in [-0.39, 0.29) is 30.1 Å². The first-order chi connectivity index (χ1) is 21.3. The minimum atomic E-state index is -1.09. The van der Waals surface area contributed by atoms with Crippen molar-refractivity contribution in [3.8, 4) is 0 Å². The van der Waals surface area contributed by atoms with Crippen LogP contribution in [0.4, 0.5) is 10.1 Å². The van der Waals surface area contributed by atoms with Gasteiger partial charge in [-0.25, -0.2) is 14.3 Å². The number of allylic oxidation sites excluding steroid dienone is 1. The first-order valence-corrected chi connectivity index (χ1v) is 14.8. The van der Waals surface area contributed by atoms with E-state index in [1.54, 1.807) is 0 Å². The lowest BCUT2D eigenvalue weighted by Crippen LogP contribution is -2.45. The molecule has 3 heterocycles. The van der Waals surface area contributed by atoms with Crippen molar-refractivity contribution in [3.63, 3.8) is 0 Å². The molecule has 44 heavy (non-hydrogen) atoms. The highest BCUT2D eigenvalue weighted by Crippen LogP contribution is 2.45. The fraction of sp³-hybridized carbons (Fsp3) is 0.294. The molecule has 4 atom stereocenters. The summed E-state index contributed by atoms with van der Waals surface area (Å²) in [6, 6.07) is 19.3. The average molecular weight is 591 g/mol. The number of halogens is 1. The van der Waals surface area contributed by atoms with Gasteiger partial charge in [0.15, 0.2) is 12.1 Å². The minimum Gasteiger partial charge on any atom is -0.271 e. The van der Waals surface area contributed by atoms with Gasteiger partial charge >= 0.3 is 0 Å². The lowest BCUT2D eigenvalue weighted by Gasteiger charge is -2.30. The molecule has 0 bridgehead atoms. The molecule has 0 radical (unpaired) electrons. The van der Waals surface area contributed by atoms with Crippen molar-refractivity contribution in [1.82, 2.24) is 10.0 Å². The highest BCUT2D eigenvalue weighted by atomic mass is 19.1. The number of hydrogen-bond acceptors (Lipinski definition) is 7. The van der Waals surface area contributed by atoms with Gasteiger partial charge in [-0.2, -0.15) is 10.2 Å². The topological polar surface area (TPSA) is 98.0 Å². The molecule has 0 aromatic heterocycles. The van der Waals surface area contributed by atoms with Crippen LogP contribution in [-0.4, -0.2) is 52.1 Å². The third kappa shape index (κ3) is 4.80. The summed E-state index contributed by atoms with van der Waals surface area (Å²) in [7, 11) is 0.